The highest BCUT2D eigenvalue weighted by molar-refractivity contribution is 5.92. The fourth-order valence-electron chi connectivity index (χ4n) is 2.43. The maximum absolute atomic E-state index is 13.1. The molecule has 0 atom stereocenters. The van der Waals surface area contributed by atoms with Crippen LogP contribution in [0.3, 0.4) is 0 Å². The van der Waals surface area contributed by atoms with E-state index < -0.39 is 11.8 Å². The number of nitrogens with zero attached hydrogens (tertiary/aromatic N) is 4. The number of halogens is 2. The highest BCUT2D eigenvalue weighted by atomic mass is 19.3. The minimum Gasteiger partial charge on any atom is -0.348 e. The van der Waals surface area contributed by atoms with Crippen LogP contribution in [0, 0.1) is 0 Å². The smallest absolute Gasteiger partial charge is 0.271 e. The molecule has 22 heavy (non-hydrogen) atoms. The van der Waals surface area contributed by atoms with Crippen molar-refractivity contribution in [3.05, 3.63) is 36.8 Å². The van der Waals surface area contributed by atoms with Gasteiger partial charge < -0.3 is 5.32 Å². The van der Waals surface area contributed by atoms with Crippen LogP contribution in [0.5, 0.6) is 0 Å². The van der Waals surface area contributed by atoms with Gasteiger partial charge in [0.2, 0.25) is 5.92 Å². The summed E-state index contributed by atoms with van der Waals surface area (Å²) in [5, 5.41) is 2.75. The summed E-state index contributed by atoms with van der Waals surface area (Å²) in [6.45, 7) is 0. The van der Waals surface area contributed by atoms with E-state index in [0.717, 1.165) is 0 Å². The summed E-state index contributed by atoms with van der Waals surface area (Å²) in [5.41, 5.74) is 0.156. The van der Waals surface area contributed by atoms with Gasteiger partial charge in [-0.25, -0.2) is 18.7 Å². The number of hydrogen-bond acceptors (Lipinski definition) is 4. The Hall–Kier alpha value is -2.38. The molecule has 116 valence electrons. The van der Waals surface area contributed by atoms with Crippen molar-refractivity contribution in [2.24, 2.45) is 0 Å². The van der Waals surface area contributed by atoms with Gasteiger partial charge in [-0.2, -0.15) is 0 Å². The summed E-state index contributed by atoms with van der Waals surface area (Å²) in [7, 11) is 0. The lowest BCUT2D eigenvalue weighted by Gasteiger charge is -2.28. The molecule has 0 aliphatic heterocycles. The zero-order valence-electron chi connectivity index (χ0n) is 11.7. The van der Waals surface area contributed by atoms with E-state index >= 15 is 0 Å². The first-order valence-corrected chi connectivity index (χ1v) is 7.03. The monoisotopic (exact) mass is 307 g/mol. The molecular weight excluding hydrogens is 292 g/mol. The molecule has 0 unspecified atom stereocenters. The topological polar surface area (TPSA) is 72.7 Å². The van der Waals surface area contributed by atoms with E-state index in [-0.39, 0.29) is 37.4 Å². The quantitative estimate of drug-likeness (QED) is 0.941. The highest BCUT2D eigenvalue weighted by Crippen LogP contribution is 2.33. The minimum atomic E-state index is -2.61. The normalized spacial score (nSPS) is 18.1. The Labute approximate surface area is 125 Å². The SMILES string of the molecule is O=C(NC1CCC(F)(F)CC1)c1cncc(-n2ccnc2)n1. The van der Waals surface area contributed by atoms with Gasteiger partial charge in [-0.1, -0.05) is 0 Å². The van der Waals surface area contributed by atoms with E-state index in [0.29, 0.717) is 5.82 Å². The summed E-state index contributed by atoms with van der Waals surface area (Å²) >= 11 is 0. The van der Waals surface area contributed by atoms with Gasteiger partial charge in [-0.3, -0.25) is 14.3 Å². The van der Waals surface area contributed by atoms with Crippen molar-refractivity contribution >= 4 is 5.91 Å². The van der Waals surface area contributed by atoms with Gasteiger partial charge in [-0.05, 0) is 12.8 Å². The second-order valence-electron chi connectivity index (χ2n) is 5.34. The number of hydrogen-bond donors (Lipinski definition) is 1. The first kappa shape index (κ1) is 14.6. The summed E-state index contributed by atoms with van der Waals surface area (Å²) in [5.74, 6) is -2.53. The molecule has 2 aromatic rings. The Morgan fingerprint density at radius 3 is 2.73 bits per heavy atom. The number of carbonyl (C=O) groups excluding carboxylic acids is 1. The average Bonchev–Trinajstić information content (AvgIpc) is 3.04. The number of aromatic nitrogens is 4. The fourth-order valence-corrected chi connectivity index (χ4v) is 2.43. The van der Waals surface area contributed by atoms with Crippen molar-refractivity contribution in [1.82, 2.24) is 24.8 Å². The van der Waals surface area contributed by atoms with Gasteiger partial charge in [0.25, 0.3) is 5.91 Å². The zero-order valence-corrected chi connectivity index (χ0v) is 11.7. The van der Waals surface area contributed by atoms with Crippen molar-refractivity contribution in [2.75, 3.05) is 0 Å². The summed E-state index contributed by atoms with van der Waals surface area (Å²) < 4.78 is 27.8. The molecule has 6 nitrogen and oxygen atoms in total. The van der Waals surface area contributed by atoms with Crippen LogP contribution >= 0.6 is 0 Å². The number of alkyl halides is 2. The Morgan fingerprint density at radius 1 is 1.27 bits per heavy atom. The maximum Gasteiger partial charge on any atom is 0.271 e. The molecule has 2 aromatic heterocycles. The third-order valence-electron chi connectivity index (χ3n) is 3.68. The van der Waals surface area contributed by atoms with Crippen LogP contribution in [0.2, 0.25) is 0 Å². The lowest BCUT2D eigenvalue weighted by Crippen LogP contribution is -2.40. The van der Waals surface area contributed by atoms with Crippen molar-refractivity contribution < 1.29 is 13.6 Å². The molecule has 0 aromatic carbocycles. The van der Waals surface area contributed by atoms with Crippen molar-refractivity contribution in [3.63, 3.8) is 0 Å². The lowest BCUT2D eigenvalue weighted by atomic mass is 9.92. The van der Waals surface area contributed by atoms with Gasteiger partial charge in [0, 0.05) is 31.3 Å². The van der Waals surface area contributed by atoms with Crippen LogP contribution in [0.1, 0.15) is 36.2 Å². The van der Waals surface area contributed by atoms with E-state index in [9.17, 15) is 13.6 Å². The summed E-state index contributed by atoms with van der Waals surface area (Å²) in [4.78, 5) is 24.3. The Kier molecular flexibility index (Phi) is 3.82. The molecule has 0 bridgehead atoms. The van der Waals surface area contributed by atoms with Crippen LogP contribution in [-0.2, 0) is 0 Å². The standard InChI is InChI=1S/C14H15F2N5O/c15-14(16)3-1-10(2-4-14)19-13(22)11-7-18-8-12(20-11)21-6-5-17-9-21/h5-10H,1-4H2,(H,19,22). The molecule has 0 radical (unpaired) electrons. The van der Waals surface area contributed by atoms with Crippen LogP contribution in [-0.4, -0.2) is 37.4 Å². The van der Waals surface area contributed by atoms with Crippen LogP contribution < -0.4 is 5.32 Å². The molecule has 1 saturated carbocycles. The molecule has 3 rings (SSSR count). The minimum absolute atomic E-state index is 0.156. The van der Waals surface area contributed by atoms with E-state index in [4.69, 9.17) is 0 Å². The molecule has 1 aliphatic rings. The predicted molar refractivity (Wildman–Crippen MR) is 73.8 cm³/mol. The van der Waals surface area contributed by atoms with Gasteiger partial charge in [0.1, 0.15) is 12.0 Å². The zero-order chi connectivity index (χ0) is 15.6. The molecule has 1 N–H and O–H groups in total. The molecule has 1 amide bonds. The molecule has 1 aliphatic carbocycles. The molecular formula is C14H15F2N5O. The van der Waals surface area contributed by atoms with E-state index in [2.05, 4.69) is 20.3 Å². The fraction of sp³-hybridized carbons (Fsp3) is 0.429. The van der Waals surface area contributed by atoms with Gasteiger partial charge in [0.15, 0.2) is 5.82 Å². The van der Waals surface area contributed by atoms with Crippen LogP contribution in [0.4, 0.5) is 8.78 Å². The molecule has 2 heterocycles. The third-order valence-corrected chi connectivity index (χ3v) is 3.68. The Balaban J connectivity index is 1.67. The van der Waals surface area contributed by atoms with Crippen LogP contribution in [0.15, 0.2) is 31.1 Å². The van der Waals surface area contributed by atoms with E-state index in [1.165, 1.54) is 12.4 Å². The van der Waals surface area contributed by atoms with Crippen molar-refractivity contribution in [3.8, 4) is 5.82 Å². The highest BCUT2D eigenvalue weighted by Gasteiger charge is 2.35. The van der Waals surface area contributed by atoms with E-state index in [1.54, 1.807) is 23.3 Å². The average molecular weight is 307 g/mol. The molecule has 1 fully saturated rings. The van der Waals surface area contributed by atoms with Gasteiger partial charge in [-0.15, -0.1) is 0 Å². The van der Waals surface area contributed by atoms with Crippen molar-refractivity contribution in [1.29, 1.82) is 0 Å². The first-order chi connectivity index (χ1) is 10.5. The number of carbonyl (C=O) groups is 1. The number of nitrogens with one attached hydrogen (secondary N) is 1. The molecule has 0 spiro atoms. The van der Waals surface area contributed by atoms with E-state index in [1.807, 2.05) is 0 Å². The number of imidazole rings is 1. The maximum atomic E-state index is 13.1. The second kappa shape index (κ2) is 5.78. The number of rotatable bonds is 3. The Bertz CT molecular complexity index is 649. The first-order valence-electron chi connectivity index (χ1n) is 7.03. The summed E-state index contributed by atoms with van der Waals surface area (Å²) in [6, 6.07) is -0.245. The second-order valence-corrected chi connectivity index (χ2v) is 5.34. The predicted octanol–water partition coefficient (Wildman–Crippen LogP) is 1.97. The number of amides is 1. The van der Waals surface area contributed by atoms with Crippen molar-refractivity contribution in [2.45, 2.75) is 37.6 Å². The van der Waals surface area contributed by atoms with Crippen LogP contribution in [0.25, 0.3) is 5.82 Å². The Morgan fingerprint density at radius 2 is 2.05 bits per heavy atom. The molecule has 0 saturated heterocycles. The molecule has 8 heteroatoms. The largest absolute Gasteiger partial charge is 0.348 e. The van der Waals surface area contributed by atoms with Gasteiger partial charge >= 0.3 is 0 Å². The van der Waals surface area contributed by atoms with Gasteiger partial charge in [0.05, 0.1) is 12.4 Å². The third kappa shape index (κ3) is 3.26. The lowest BCUT2D eigenvalue weighted by molar-refractivity contribution is -0.0399. The summed E-state index contributed by atoms with van der Waals surface area (Å²) in [6.07, 6.45) is 7.85.